The average Bonchev–Trinajstić information content (AvgIpc) is 3.08. The third-order valence-corrected chi connectivity index (χ3v) is 6.23. The summed E-state index contributed by atoms with van der Waals surface area (Å²) in [5.41, 5.74) is 4.48. The molecule has 0 atom stereocenters. The number of ether oxygens (including phenoxy) is 1. The van der Waals surface area contributed by atoms with Gasteiger partial charge < -0.3 is 10.1 Å². The maximum Gasteiger partial charge on any atom is 0.293 e. The molecule has 7 heteroatoms. The van der Waals surface area contributed by atoms with Gasteiger partial charge >= 0.3 is 0 Å². The van der Waals surface area contributed by atoms with Crippen LogP contribution in [0.1, 0.15) is 22.3 Å². The van der Waals surface area contributed by atoms with Crippen molar-refractivity contribution in [2.75, 3.05) is 11.9 Å². The van der Waals surface area contributed by atoms with Gasteiger partial charge in [-0.3, -0.25) is 19.3 Å². The standard InChI is InChI=1S/C27H24N2O4S/c1-18-10-12-22(13-11-18)28-25(30)17-33-23-9-5-7-20(14-23)15-24-26(31)29(27(32)34-24)16-21-8-4-3-6-19(21)2/h3-15H,16-17H2,1-2H3,(H,28,30)/b24-15-. The van der Waals surface area contributed by atoms with E-state index in [2.05, 4.69) is 5.32 Å². The molecular weight excluding hydrogens is 448 g/mol. The second-order valence-electron chi connectivity index (χ2n) is 7.97. The molecule has 1 fully saturated rings. The van der Waals surface area contributed by atoms with Gasteiger partial charge in [0.1, 0.15) is 5.75 Å². The van der Waals surface area contributed by atoms with Crippen molar-refractivity contribution in [3.05, 3.63) is 100.0 Å². The minimum atomic E-state index is -0.318. The molecule has 0 unspecified atom stereocenters. The van der Waals surface area contributed by atoms with Crippen LogP contribution in [-0.2, 0) is 16.1 Å². The fourth-order valence-corrected chi connectivity index (χ4v) is 4.26. The Kier molecular flexibility index (Phi) is 7.13. The molecule has 0 aromatic heterocycles. The van der Waals surface area contributed by atoms with Crippen LogP contribution in [0.15, 0.2) is 77.7 Å². The summed E-state index contributed by atoms with van der Waals surface area (Å²) in [6, 6.07) is 22.2. The van der Waals surface area contributed by atoms with Gasteiger partial charge in [-0.15, -0.1) is 0 Å². The smallest absolute Gasteiger partial charge is 0.293 e. The largest absolute Gasteiger partial charge is 0.484 e. The zero-order chi connectivity index (χ0) is 24.1. The highest BCUT2D eigenvalue weighted by Gasteiger charge is 2.35. The SMILES string of the molecule is Cc1ccc(NC(=O)COc2cccc(/C=C3\SC(=O)N(Cc4ccccc4C)C3=O)c2)cc1. The van der Waals surface area contributed by atoms with Crippen LogP contribution in [-0.4, -0.2) is 28.6 Å². The molecule has 34 heavy (non-hydrogen) atoms. The van der Waals surface area contributed by atoms with Gasteiger partial charge in [0, 0.05) is 5.69 Å². The van der Waals surface area contributed by atoms with Crippen molar-refractivity contribution in [3.8, 4) is 5.75 Å². The van der Waals surface area contributed by atoms with Gasteiger partial charge in [0.15, 0.2) is 6.61 Å². The van der Waals surface area contributed by atoms with Crippen LogP contribution in [0.2, 0.25) is 0 Å². The zero-order valence-electron chi connectivity index (χ0n) is 18.9. The van der Waals surface area contributed by atoms with E-state index < -0.39 is 0 Å². The lowest BCUT2D eigenvalue weighted by Gasteiger charge is -2.14. The highest BCUT2D eigenvalue weighted by Crippen LogP contribution is 2.34. The zero-order valence-corrected chi connectivity index (χ0v) is 19.7. The van der Waals surface area contributed by atoms with Gasteiger partial charge in [-0.25, -0.2) is 0 Å². The predicted molar refractivity (Wildman–Crippen MR) is 134 cm³/mol. The summed E-state index contributed by atoms with van der Waals surface area (Å²) in [5.74, 6) is -0.0967. The van der Waals surface area contributed by atoms with Crippen molar-refractivity contribution >= 4 is 40.6 Å². The Hall–Kier alpha value is -3.84. The maximum absolute atomic E-state index is 12.9. The number of rotatable bonds is 7. The number of hydrogen-bond acceptors (Lipinski definition) is 5. The number of anilines is 1. The molecule has 0 spiro atoms. The quantitative estimate of drug-likeness (QED) is 0.456. The Balaban J connectivity index is 1.39. The van der Waals surface area contributed by atoms with Crippen molar-refractivity contribution in [2.24, 2.45) is 0 Å². The molecule has 172 valence electrons. The predicted octanol–water partition coefficient (Wildman–Crippen LogP) is 5.56. The molecular formula is C27H24N2O4S. The van der Waals surface area contributed by atoms with E-state index in [1.807, 2.05) is 68.4 Å². The summed E-state index contributed by atoms with van der Waals surface area (Å²) >= 11 is 0.922. The van der Waals surface area contributed by atoms with Gasteiger partial charge in [-0.1, -0.05) is 54.1 Å². The van der Waals surface area contributed by atoms with Gasteiger partial charge in [0.2, 0.25) is 0 Å². The van der Waals surface area contributed by atoms with E-state index in [-0.39, 0.29) is 30.2 Å². The average molecular weight is 473 g/mol. The normalized spacial score (nSPS) is 14.5. The van der Waals surface area contributed by atoms with E-state index in [0.717, 1.165) is 28.5 Å². The number of benzene rings is 3. The van der Waals surface area contributed by atoms with Crippen molar-refractivity contribution in [3.63, 3.8) is 0 Å². The molecule has 3 aromatic carbocycles. The third-order valence-electron chi connectivity index (χ3n) is 5.32. The van der Waals surface area contributed by atoms with Crippen molar-refractivity contribution in [1.29, 1.82) is 0 Å². The number of nitrogens with zero attached hydrogens (tertiary/aromatic N) is 1. The molecule has 1 aliphatic rings. The van der Waals surface area contributed by atoms with E-state index >= 15 is 0 Å². The Morgan fingerprint density at radius 1 is 1.00 bits per heavy atom. The highest BCUT2D eigenvalue weighted by molar-refractivity contribution is 8.18. The molecule has 3 aromatic rings. The first-order valence-corrected chi connectivity index (χ1v) is 11.6. The Bertz CT molecular complexity index is 1270. The van der Waals surface area contributed by atoms with E-state index in [0.29, 0.717) is 21.9 Å². The fourth-order valence-electron chi connectivity index (χ4n) is 3.42. The monoisotopic (exact) mass is 472 g/mol. The summed E-state index contributed by atoms with van der Waals surface area (Å²) in [6.07, 6.45) is 1.67. The van der Waals surface area contributed by atoms with Gasteiger partial charge in [0.25, 0.3) is 17.1 Å². The molecule has 0 bridgehead atoms. The summed E-state index contributed by atoms with van der Waals surface area (Å²) in [7, 11) is 0. The second-order valence-corrected chi connectivity index (χ2v) is 8.96. The molecule has 1 N–H and O–H groups in total. The van der Waals surface area contributed by atoms with Crippen molar-refractivity contribution < 1.29 is 19.1 Å². The summed E-state index contributed by atoms with van der Waals surface area (Å²) in [6.45, 7) is 4.03. The van der Waals surface area contributed by atoms with E-state index in [9.17, 15) is 14.4 Å². The Morgan fingerprint density at radius 2 is 1.76 bits per heavy atom. The maximum atomic E-state index is 12.9. The summed E-state index contributed by atoms with van der Waals surface area (Å²) in [5, 5.41) is 2.49. The minimum absolute atomic E-state index is 0.149. The number of carbonyl (C=O) groups excluding carboxylic acids is 3. The number of nitrogens with one attached hydrogen (secondary N) is 1. The van der Waals surface area contributed by atoms with Crippen LogP contribution < -0.4 is 10.1 Å². The molecule has 1 aliphatic heterocycles. The van der Waals surface area contributed by atoms with Crippen LogP contribution >= 0.6 is 11.8 Å². The second kappa shape index (κ2) is 10.4. The number of hydrogen-bond donors (Lipinski definition) is 1. The lowest BCUT2D eigenvalue weighted by Crippen LogP contribution is -2.27. The van der Waals surface area contributed by atoms with Crippen LogP contribution in [0.5, 0.6) is 5.75 Å². The number of thioether (sulfide) groups is 1. The summed E-state index contributed by atoms with van der Waals surface area (Å²) in [4.78, 5) is 39.1. The van der Waals surface area contributed by atoms with Crippen LogP contribution in [0, 0.1) is 13.8 Å². The van der Waals surface area contributed by atoms with Gasteiger partial charge in [0.05, 0.1) is 11.4 Å². The fraction of sp³-hybridized carbons (Fsp3) is 0.148. The van der Waals surface area contributed by atoms with Crippen molar-refractivity contribution in [1.82, 2.24) is 4.90 Å². The lowest BCUT2D eigenvalue weighted by molar-refractivity contribution is -0.123. The molecule has 4 rings (SSSR count). The third kappa shape index (κ3) is 5.74. The number of imide groups is 1. The first kappa shape index (κ1) is 23.3. The van der Waals surface area contributed by atoms with Crippen LogP contribution in [0.4, 0.5) is 10.5 Å². The molecule has 0 saturated carbocycles. The van der Waals surface area contributed by atoms with E-state index in [1.165, 1.54) is 4.90 Å². The summed E-state index contributed by atoms with van der Waals surface area (Å²) < 4.78 is 5.62. The minimum Gasteiger partial charge on any atom is -0.484 e. The molecule has 0 aliphatic carbocycles. The lowest BCUT2D eigenvalue weighted by atomic mass is 10.1. The molecule has 6 nitrogen and oxygen atoms in total. The molecule has 1 heterocycles. The number of carbonyl (C=O) groups is 3. The Morgan fingerprint density at radius 3 is 2.53 bits per heavy atom. The first-order valence-electron chi connectivity index (χ1n) is 10.8. The Labute approximate surface area is 202 Å². The van der Waals surface area contributed by atoms with Crippen LogP contribution in [0.25, 0.3) is 6.08 Å². The number of aryl methyl sites for hydroxylation is 2. The molecule has 1 saturated heterocycles. The molecule has 0 radical (unpaired) electrons. The van der Waals surface area contributed by atoms with E-state index in [1.54, 1.807) is 24.3 Å². The first-order chi connectivity index (χ1) is 16.4. The van der Waals surface area contributed by atoms with Gasteiger partial charge in [-0.05, 0) is 72.6 Å². The number of amides is 3. The highest BCUT2D eigenvalue weighted by atomic mass is 32.2. The van der Waals surface area contributed by atoms with E-state index in [4.69, 9.17) is 4.74 Å². The molecule has 3 amide bonds. The van der Waals surface area contributed by atoms with Gasteiger partial charge in [-0.2, -0.15) is 0 Å². The van der Waals surface area contributed by atoms with Crippen LogP contribution in [0.3, 0.4) is 0 Å². The van der Waals surface area contributed by atoms with Crippen molar-refractivity contribution in [2.45, 2.75) is 20.4 Å². The topological polar surface area (TPSA) is 75.7 Å².